The van der Waals surface area contributed by atoms with Crippen molar-refractivity contribution in [1.29, 1.82) is 0 Å². The third kappa shape index (κ3) is 3.02. The maximum atomic E-state index is 12.5. The lowest BCUT2D eigenvalue weighted by atomic mass is 10.00. The summed E-state index contributed by atoms with van der Waals surface area (Å²) in [4.78, 5) is 12.5. The van der Waals surface area contributed by atoms with E-state index in [-0.39, 0.29) is 5.78 Å². The summed E-state index contributed by atoms with van der Waals surface area (Å²) < 4.78 is 5.54. The van der Waals surface area contributed by atoms with Crippen LogP contribution in [0.15, 0.2) is 42.5 Å². The molecule has 19 heavy (non-hydrogen) atoms. The van der Waals surface area contributed by atoms with Crippen molar-refractivity contribution in [1.82, 2.24) is 0 Å². The smallest absolute Gasteiger partial charge is 0.196 e. The van der Waals surface area contributed by atoms with Crippen molar-refractivity contribution in [3.8, 4) is 5.75 Å². The Morgan fingerprint density at radius 1 is 1.00 bits per heavy atom. The summed E-state index contributed by atoms with van der Waals surface area (Å²) in [5.41, 5.74) is 3.52. The Kier molecular flexibility index (Phi) is 4.00. The first-order chi connectivity index (χ1) is 9.11. The fraction of sp³-hybridized carbons (Fsp3) is 0.235. The zero-order chi connectivity index (χ0) is 13.8. The first-order valence-electron chi connectivity index (χ1n) is 6.46. The summed E-state index contributed by atoms with van der Waals surface area (Å²) in [5, 5.41) is 0. The molecule has 0 saturated heterocycles. The van der Waals surface area contributed by atoms with Gasteiger partial charge in [0.2, 0.25) is 0 Å². The van der Waals surface area contributed by atoms with Gasteiger partial charge in [0.05, 0.1) is 12.2 Å². The average molecular weight is 254 g/mol. The van der Waals surface area contributed by atoms with Gasteiger partial charge in [0.25, 0.3) is 0 Å². The summed E-state index contributed by atoms with van der Waals surface area (Å²) >= 11 is 0. The Hall–Kier alpha value is -2.09. The van der Waals surface area contributed by atoms with Gasteiger partial charge >= 0.3 is 0 Å². The summed E-state index contributed by atoms with van der Waals surface area (Å²) in [6, 6.07) is 13.3. The van der Waals surface area contributed by atoms with E-state index in [1.165, 1.54) is 0 Å². The Morgan fingerprint density at radius 2 is 1.63 bits per heavy atom. The molecule has 2 nitrogen and oxygen atoms in total. The maximum absolute atomic E-state index is 12.5. The molecule has 98 valence electrons. The predicted octanol–water partition coefficient (Wildman–Crippen LogP) is 3.93. The third-order valence-corrected chi connectivity index (χ3v) is 2.99. The van der Waals surface area contributed by atoms with Crippen LogP contribution in [-0.4, -0.2) is 12.4 Å². The number of ketones is 1. The van der Waals surface area contributed by atoms with Gasteiger partial charge in [-0.15, -0.1) is 0 Å². The second kappa shape index (κ2) is 5.70. The van der Waals surface area contributed by atoms with Gasteiger partial charge in [-0.05, 0) is 32.9 Å². The molecule has 2 aromatic carbocycles. The van der Waals surface area contributed by atoms with E-state index >= 15 is 0 Å². The molecule has 0 amide bonds. The Labute approximate surface area is 114 Å². The van der Waals surface area contributed by atoms with Crippen molar-refractivity contribution in [2.45, 2.75) is 20.8 Å². The van der Waals surface area contributed by atoms with Crippen LogP contribution >= 0.6 is 0 Å². The van der Waals surface area contributed by atoms with Crippen LogP contribution in [0.1, 0.15) is 34.0 Å². The minimum absolute atomic E-state index is 0.00662. The number of hydrogen-bond donors (Lipinski definition) is 0. The highest BCUT2D eigenvalue weighted by Gasteiger charge is 2.14. The molecule has 0 spiro atoms. The molecule has 0 aliphatic heterocycles. The van der Waals surface area contributed by atoms with Crippen molar-refractivity contribution in [2.75, 3.05) is 6.61 Å². The topological polar surface area (TPSA) is 26.3 Å². The second-order valence-electron chi connectivity index (χ2n) is 4.63. The van der Waals surface area contributed by atoms with Crippen molar-refractivity contribution < 1.29 is 9.53 Å². The largest absolute Gasteiger partial charge is 0.493 e. The average Bonchev–Trinajstić information content (AvgIpc) is 2.41. The van der Waals surface area contributed by atoms with Crippen LogP contribution in [0.5, 0.6) is 5.75 Å². The molecule has 0 aliphatic rings. The summed E-state index contributed by atoms with van der Waals surface area (Å²) in [5.74, 6) is 0.658. The van der Waals surface area contributed by atoms with E-state index in [0.29, 0.717) is 23.5 Å². The van der Waals surface area contributed by atoms with Crippen LogP contribution in [0.3, 0.4) is 0 Å². The summed E-state index contributed by atoms with van der Waals surface area (Å²) in [7, 11) is 0. The molecule has 0 radical (unpaired) electrons. The fourth-order valence-corrected chi connectivity index (χ4v) is 1.96. The van der Waals surface area contributed by atoms with Crippen molar-refractivity contribution in [2.24, 2.45) is 0 Å². The van der Waals surface area contributed by atoms with Gasteiger partial charge in [0.15, 0.2) is 5.78 Å². The van der Waals surface area contributed by atoms with Gasteiger partial charge < -0.3 is 4.74 Å². The molecule has 0 saturated carbocycles. The summed E-state index contributed by atoms with van der Waals surface area (Å²) in [6.45, 7) is 6.45. The molecule has 0 bridgehead atoms. The number of hydrogen-bond acceptors (Lipinski definition) is 2. The Morgan fingerprint density at radius 3 is 2.26 bits per heavy atom. The number of ether oxygens (including phenoxy) is 1. The predicted molar refractivity (Wildman–Crippen MR) is 77.0 cm³/mol. The second-order valence-corrected chi connectivity index (χ2v) is 4.63. The van der Waals surface area contributed by atoms with E-state index in [1.807, 2.05) is 63.2 Å². The Bertz CT molecular complexity index is 583. The van der Waals surface area contributed by atoms with Gasteiger partial charge in [-0.3, -0.25) is 4.79 Å². The van der Waals surface area contributed by atoms with Gasteiger partial charge in [-0.1, -0.05) is 41.5 Å². The van der Waals surface area contributed by atoms with Crippen LogP contribution in [0.2, 0.25) is 0 Å². The van der Waals surface area contributed by atoms with E-state index < -0.39 is 0 Å². The molecular formula is C17H18O2. The van der Waals surface area contributed by atoms with E-state index in [0.717, 1.165) is 11.1 Å². The molecule has 0 fully saturated rings. The van der Waals surface area contributed by atoms with E-state index in [1.54, 1.807) is 0 Å². The molecule has 0 aliphatic carbocycles. The normalized spacial score (nSPS) is 10.3. The minimum Gasteiger partial charge on any atom is -0.493 e. The summed E-state index contributed by atoms with van der Waals surface area (Å²) in [6.07, 6.45) is 0. The molecule has 0 heterocycles. The quantitative estimate of drug-likeness (QED) is 0.773. The molecule has 2 rings (SSSR count). The van der Waals surface area contributed by atoms with E-state index in [2.05, 4.69) is 0 Å². The van der Waals surface area contributed by atoms with E-state index in [9.17, 15) is 4.79 Å². The maximum Gasteiger partial charge on any atom is 0.196 e. The minimum atomic E-state index is 0.00662. The lowest BCUT2D eigenvalue weighted by molar-refractivity contribution is 0.103. The molecule has 0 N–H and O–H groups in total. The zero-order valence-electron chi connectivity index (χ0n) is 11.6. The zero-order valence-corrected chi connectivity index (χ0v) is 11.6. The van der Waals surface area contributed by atoms with Crippen LogP contribution in [0.25, 0.3) is 0 Å². The fourth-order valence-electron chi connectivity index (χ4n) is 1.96. The number of carbonyl (C=O) groups is 1. The van der Waals surface area contributed by atoms with Crippen molar-refractivity contribution >= 4 is 5.78 Å². The first-order valence-corrected chi connectivity index (χ1v) is 6.46. The SMILES string of the molecule is CCOc1ccc(C)cc1C(=O)c1ccc(C)cc1. The highest BCUT2D eigenvalue weighted by molar-refractivity contribution is 6.10. The number of benzene rings is 2. The molecule has 0 unspecified atom stereocenters. The third-order valence-electron chi connectivity index (χ3n) is 2.99. The molecule has 2 heteroatoms. The lowest BCUT2D eigenvalue weighted by Crippen LogP contribution is -2.06. The molecule has 0 atom stereocenters. The molecule has 2 aromatic rings. The monoisotopic (exact) mass is 254 g/mol. The highest BCUT2D eigenvalue weighted by Crippen LogP contribution is 2.23. The Balaban J connectivity index is 2.42. The number of aryl methyl sites for hydroxylation is 2. The van der Waals surface area contributed by atoms with Crippen molar-refractivity contribution in [3.63, 3.8) is 0 Å². The number of carbonyl (C=O) groups excluding carboxylic acids is 1. The molecular weight excluding hydrogens is 236 g/mol. The van der Waals surface area contributed by atoms with Crippen LogP contribution < -0.4 is 4.74 Å². The van der Waals surface area contributed by atoms with Gasteiger partial charge in [0, 0.05) is 5.56 Å². The first kappa shape index (κ1) is 13.3. The van der Waals surface area contributed by atoms with Crippen LogP contribution in [0.4, 0.5) is 0 Å². The standard InChI is InChI=1S/C17H18O2/c1-4-19-16-10-7-13(3)11-15(16)17(18)14-8-5-12(2)6-9-14/h5-11H,4H2,1-3H3. The van der Waals surface area contributed by atoms with Crippen molar-refractivity contribution in [3.05, 3.63) is 64.7 Å². The van der Waals surface area contributed by atoms with Crippen LogP contribution in [-0.2, 0) is 0 Å². The van der Waals surface area contributed by atoms with Crippen LogP contribution in [0, 0.1) is 13.8 Å². The van der Waals surface area contributed by atoms with Gasteiger partial charge in [-0.25, -0.2) is 0 Å². The molecule has 0 aromatic heterocycles. The van der Waals surface area contributed by atoms with Gasteiger partial charge in [0.1, 0.15) is 5.75 Å². The van der Waals surface area contributed by atoms with Gasteiger partial charge in [-0.2, -0.15) is 0 Å². The van der Waals surface area contributed by atoms with E-state index in [4.69, 9.17) is 4.74 Å². The number of rotatable bonds is 4. The lowest BCUT2D eigenvalue weighted by Gasteiger charge is -2.10. The highest BCUT2D eigenvalue weighted by atomic mass is 16.5.